The highest BCUT2D eigenvalue weighted by atomic mass is 16.5. The number of hydrogen-bond acceptors (Lipinski definition) is 4. The van der Waals surface area contributed by atoms with Gasteiger partial charge in [-0.15, -0.1) is 0 Å². The monoisotopic (exact) mass is 301 g/mol. The van der Waals surface area contributed by atoms with E-state index in [9.17, 15) is 4.79 Å². The van der Waals surface area contributed by atoms with Crippen LogP contribution in [0, 0.1) is 6.92 Å². The number of nitrogens with one attached hydrogen (secondary N) is 1. The molecule has 2 aromatic rings. The van der Waals surface area contributed by atoms with Crippen molar-refractivity contribution in [3.05, 3.63) is 47.5 Å². The predicted molar refractivity (Wildman–Crippen MR) is 85.2 cm³/mol. The molecule has 1 amide bonds. The largest absolute Gasteiger partial charge is 0.497 e. The predicted octanol–water partition coefficient (Wildman–Crippen LogP) is 3.27. The molecule has 0 heterocycles. The van der Waals surface area contributed by atoms with Crippen LogP contribution in [-0.4, -0.2) is 27.2 Å². The summed E-state index contributed by atoms with van der Waals surface area (Å²) in [5, 5.41) is 2.83. The topological polar surface area (TPSA) is 56.8 Å². The lowest BCUT2D eigenvalue weighted by atomic mass is 10.1. The Morgan fingerprint density at radius 1 is 0.909 bits per heavy atom. The number of rotatable bonds is 5. The van der Waals surface area contributed by atoms with Gasteiger partial charge < -0.3 is 19.5 Å². The van der Waals surface area contributed by atoms with E-state index in [1.165, 1.54) is 7.11 Å². The second-order valence-corrected chi connectivity index (χ2v) is 4.76. The first-order chi connectivity index (χ1) is 10.6. The molecule has 0 fully saturated rings. The van der Waals surface area contributed by atoms with Gasteiger partial charge in [-0.2, -0.15) is 0 Å². The van der Waals surface area contributed by atoms with Gasteiger partial charge in [-0.25, -0.2) is 0 Å². The average molecular weight is 301 g/mol. The zero-order valence-electron chi connectivity index (χ0n) is 13.1. The molecule has 0 aliphatic heterocycles. The molecule has 0 bridgehead atoms. The Morgan fingerprint density at radius 3 is 2.09 bits per heavy atom. The van der Waals surface area contributed by atoms with Crippen LogP contribution in [0.2, 0.25) is 0 Å². The van der Waals surface area contributed by atoms with Crippen molar-refractivity contribution in [2.45, 2.75) is 6.92 Å². The van der Waals surface area contributed by atoms with E-state index in [2.05, 4.69) is 5.32 Å². The summed E-state index contributed by atoms with van der Waals surface area (Å²) in [5.74, 6) is 1.48. The summed E-state index contributed by atoms with van der Waals surface area (Å²) in [5.41, 5.74) is 2.04. The SMILES string of the molecule is COc1cc(NC(=O)c2cc(C)ccc2OC)cc(OC)c1. The van der Waals surface area contributed by atoms with Crippen molar-refractivity contribution < 1.29 is 19.0 Å². The number of benzene rings is 2. The van der Waals surface area contributed by atoms with Crippen molar-refractivity contribution in [2.24, 2.45) is 0 Å². The van der Waals surface area contributed by atoms with Crippen LogP contribution in [0.25, 0.3) is 0 Å². The number of methoxy groups -OCH3 is 3. The minimum absolute atomic E-state index is 0.254. The van der Waals surface area contributed by atoms with E-state index < -0.39 is 0 Å². The van der Waals surface area contributed by atoms with Gasteiger partial charge in [0, 0.05) is 23.9 Å². The van der Waals surface area contributed by atoms with E-state index in [-0.39, 0.29) is 5.91 Å². The van der Waals surface area contributed by atoms with Gasteiger partial charge in [0.05, 0.1) is 26.9 Å². The molecule has 0 radical (unpaired) electrons. The first-order valence-corrected chi connectivity index (χ1v) is 6.76. The van der Waals surface area contributed by atoms with Crippen molar-refractivity contribution in [1.29, 1.82) is 0 Å². The minimum atomic E-state index is -0.254. The van der Waals surface area contributed by atoms with Crippen LogP contribution in [0.4, 0.5) is 5.69 Å². The Balaban J connectivity index is 2.31. The second-order valence-electron chi connectivity index (χ2n) is 4.76. The van der Waals surface area contributed by atoms with Crippen molar-refractivity contribution >= 4 is 11.6 Å². The molecule has 5 nitrogen and oxygen atoms in total. The fraction of sp³-hybridized carbons (Fsp3) is 0.235. The smallest absolute Gasteiger partial charge is 0.259 e. The summed E-state index contributed by atoms with van der Waals surface area (Å²) in [6, 6.07) is 10.6. The first-order valence-electron chi connectivity index (χ1n) is 6.76. The zero-order valence-corrected chi connectivity index (χ0v) is 13.1. The molecule has 0 atom stereocenters. The molecule has 0 unspecified atom stereocenters. The van der Waals surface area contributed by atoms with Crippen LogP contribution in [-0.2, 0) is 0 Å². The fourth-order valence-corrected chi connectivity index (χ4v) is 2.08. The molecule has 2 aromatic carbocycles. The number of carbonyl (C=O) groups is 1. The molecule has 5 heteroatoms. The van der Waals surface area contributed by atoms with Crippen LogP contribution in [0.3, 0.4) is 0 Å². The van der Waals surface area contributed by atoms with Gasteiger partial charge >= 0.3 is 0 Å². The quantitative estimate of drug-likeness (QED) is 0.921. The molecule has 0 saturated carbocycles. The van der Waals surface area contributed by atoms with Crippen molar-refractivity contribution in [3.8, 4) is 17.2 Å². The van der Waals surface area contributed by atoms with E-state index >= 15 is 0 Å². The summed E-state index contributed by atoms with van der Waals surface area (Å²) in [6.07, 6.45) is 0. The maximum Gasteiger partial charge on any atom is 0.259 e. The van der Waals surface area contributed by atoms with Crippen molar-refractivity contribution in [3.63, 3.8) is 0 Å². The van der Waals surface area contributed by atoms with Gasteiger partial charge in [0.1, 0.15) is 17.2 Å². The summed E-state index contributed by atoms with van der Waals surface area (Å²) in [7, 11) is 4.66. The maximum absolute atomic E-state index is 12.5. The number of ether oxygens (including phenoxy) is 3. The van der Waals surface area contributed by atoms with Gasteiger partial charge in [0.15, 0.2) is 0 Å². The van der Waals surface area contributed by atoms with E-state index in [1.54, 1.807) is 44.6 Å². The Labute approximate surface area is 129 Å². The highest BCUT2D eigenvalue weighted by Gasteiger charge is 2.13. The molecule has 0 aliphatic carbocycles. The lowest BCUT2D eigenvalue weighted by Crippen LogP contribution is -2.13. The highest BCUT2D eigenvalue weighted by molar-refractivity contribution is 6.06. The van der Waals surface area contributed by atoms with Gasteiger partial charge in [0.25, 0.3) is 5.91 Å². The average Bonchev–Trinajstić information content (AvgIpc) is 2.54. The number of amides is 1. The van der Waals surface area contributed by atoms with E-state index in [4.69, 9.17) is 14.2 Å². The number of carbonyl (C=O) groups excluding carboxylic acids is 1. The molecule has 0 saturated heterocycles. The van der Waals surface area contributed by atoms with Crippen LogP contribution < -0.4 is 19.5 Å². The summed E-state index contributed by atoms with van der Waals surface area (Å²) in [4.78, 5) is 12.5. The van der Waals surface area contributed by atoms with Crippen LogP contribution in [0.1, 0.15) is 15.9 Å². The zero-order chi connectivity index (χ0) is 16.1. The molecular formula is C17H19NO4. The highest BCUT2D eigenvalue weighted by Crippen LogP contribution is 2.27. The number of anilines is 1. The molecule has 116 valence electrons. The third-order valence-corrected chi connectivity index (χ3v) is 3.21. The van der Waals surface area contributed by atoms with E-state index in [1.807, 2.05) is 13.0 Å². The third-order valence-electron chi connectivity index (χ3n) is 3.21. The lowest BCUT2D eigenvalue weighted by Gasteiger charge is -2.12. The van der Waals surface area contributed by atoms with Gasteiger partial charge in [-0.1, -0.05) is 11.6 Å². The summed E-state index contributed by atoms with van der Waals surface area (Å²) >= 11 is 0. The molecule has 1 N–H and O–H groups in total. The van der Waals surface area contributed by atoms with E-state index in [0.29, 0.717) is 28.5 Å². The third kappa shape index (κ3) is 3.49. The Morgan fingerprint density at radius 2 is 1.55 bits per heavy atom. The lowest BCUT2D eigenvalue weighted by molar-refractivity contribution is 0.102. The van der Waals surface area contributed by atoms with Crippen LogP contribution >= 0.6 is 0 Å². The summed E-state index contributed by atoms with van der Waals surface area (Å²) in [6.45, 7) is 1.92. The molecule has 0 aliphatic rings. The van der Waals surface area contributed by atoms with Crippen molar-refractivity contribution in [2.75, 3.05) is 26.6 Å². The van der Waals surface area contributed by atoms with Gasteiger partial charge in [0.2, 0.25) is 0 Å². The van der Waals surface area contributed by atoms with E-state index in [0.717, 1.165) is 5.56 Å². The normalized spacial score (nSPS) is 10.0. The second kappa shape index (κ2) is 6.85. The van der Waals surface area contributed by atoms with Gasteiger partial charge in [-0.3, -0.25) is 4.79 Å². The molecule has 0 spiro atoms. The van der Waals surface area contributed by atoms with Gasteiger partial charge in [-0.05, 0) is 19.1 Å². The maximum atomic E-state index is 12.5. The Hall–Kier alpha value is -2.69. The first kappa shape index (κ1) is 15.7. The number of hydrogen-bond donors (Lipinski definition) is 1. The van der Waals surface area contributed by atoms with Crippen LogP contribution in [0.15, 0.2) is 36.4 Å². The molecule has 22 heavy (non-hydrogen) atoms. The Bertz CT molecular complexity index is 660. The van der Waals surface area contributed by atoms with Crippen LogP contribution in [0.5, 0.6) is 17.2 Å². The summed E-state index contributed by atoms with van der Waals surface area (Å²) < 4.78 is 15.6. The Kier molecular flexibility index (Phi) is 4.88. The molecule has 2 rings (SSSR count). The standard InChI is InChI=1S/C17H19NO4/c1-11-5-6-16(22-4)15(7-11)17(19)18-12-8-13(20-2)10-14(9-12)21-3/h5-10H,1-4H3,(H,18,19). The number of aryl methyl sites for hydroxylation is 1. The molecule has 0 aromatic heterocycles. The fourth-order valence-electron chi connectivity index (χ4n) is 2.08. The molecular weight excluding hydrogens is 282 g/mol. The van der Waals surface area contributed by atoms with Crippen molar-refractivity contribution in [1.82, 2.24) is 0 Å². The minimum Gasteiger partial charge on any atom is -0.497 e.